The molecular weight excluding hydrogens is 256 g/mol. The van der Waals surface area contributed by atoms with Crippen molar-refractivity contribution in [2.24, 2.45) is 0 Å². The predicted molar refractivity (Wildman–Crippen MR) is 76.0 cm³/mol. The molecule has 0 spiro atoms. The highest BCUT2D eigenvalue weighted by Crippen LogP contribution is 2.09. The third-order valence-corrected chi connectivity index (χ3v) is 2.66. The van der Waals surface area contributed by atoms with E-state index in [2.05, 4.69) is 27.3 Å². The molecule has 7 nitrogen and oxygen atoms in total. The van der Waals surface area contributed by atoms with E-state index >= 15 is 0 Å². The van der Waals surface area contributed by atoms with Gasteiger partial charge in [0, 0.05) is 32.9 Å². The van der Waals surface area contributed by atoms with Gasteiger partial charge in [0.15, 0.2) is 11.5 Å². The van der Waals surface area contributed by atoms with Crippen LogP contribution in [0.5, 0.6) is 0 Å². The van der Waals surface area contributed by atoms with Gasteiger partial charge >= 0.3 is 0 Å². The Kier molecular flexibility index (Phi) is 4.29. The van der Waals surface area contributed by atoms with Crippen molar-refractivity contribution in [3.05, 3.63) is 30.4 Å². The molecule has 2 rings (SSSR count). The smallest absolute Gasteiger partial charge is 0.273 e. The lowest BCUT2D eigenvalue weighted by Gasteiger charge is -2.07. The van der Waals surface area contributed by atoms with E-state index < -0.39 is 0 Å². The standard InChI is InChI=1S/C13H18N6O/c1-4-6-14-11-8-12(16-9-15-11)19-7-5-10(17-19)13(20)18(2)3/h5,7-9H,4,6H2,1-3H3,(H,14,15,16). The van der Waals surface area contributed by atoms with Crippen LogP contribution in [0.4, 0.5) is 5.82 Å². The van der Waals surface area contributed by atoms with E-state index in [0.717, 1.165) is 18.8 Å². The first-order valence-electron chi connectivity index (χ1n) is 6.45. The Labute approximate surface area is 117 Å². The zero-order valence-corrected chi connectivity index (χ0v) is 11.9. The van der Waals surface area contributed by atoms with Crippen molar-refractivity contribution in [2.75, 3.05) is 26.0 Å². The molecule has 0 radical (unpaired) electrons. The van der Waals surface area contributed by atoms with Gasteiger partial charge in [-0.25, -0.2) is 14.6 Å². The Morgan fingerprint density at radius 1 is 1.40 bits per heavy atom. The number of carbonyl (C=O) groups is 1. The Bertz CT molecular complexity index is 592. The Hall–Kier alpha value is -2.44. The molecule has 0 aliphatic carbocycles. The van der Waals surface area contributed by atoms with Gasteiger partial charge in [0.05, 0.1) is 0 Å². The second-order valence-electron chi connectivity index (χ2n) is 4.53. The van der Waals surface area contributed by atoms with Crippen molar-refractivity contribution in [3.63, 3.8) is 0 Å². The molecule has 0 aromatic carbocycles. The molecule has 0 bridgehead atoms. The fraction of sp³-hybridized carbons (Fsp3) is 0.385. The Balaban J connectivity index is 2.21. The van der Waals surface area contributed by atoms with E-state index in [1.165, 1.54) is 11.2 Å². The number of hydrogen-bond acceptors (Lipinski definition) is 5. The number of nitrogens with one attached hydrogen (secondary N) is 1. The van der Waals surface area contributed by atoms with Gasteiger partial charge < -0.3 is 10.2 Å². The van der Waals surface area contributed by atoms with Crippen molar-refractivity contribution in [1.82, 2.24) is 24.6 Å². The number of carbonyl (C=O) groups excluding carboxylic acids is 1. The summed E-state index contributed by atoms with van der Waals surface area (Å²) in [5.41, 5.74) is 0.386. The van der Waals surface area contributed by atoms with E-state index in [0.29, 0.717) is 11.5 Å². The lowest BCUT2D eigenvalue weighted by molar-refractivity contribution is 0.0821. The summed E-state index contributed by atoms with van der Waals surface area (Å²) < 4.78 is 1.57. The average molecular weight is 274 g/mol. The third-order valence-electron chi connectivity index (χ3n) is 2.66. The summed E-state index contributed by atoms with van der Waals surface area (Å²) in [4.78, 5) is 21.6. The van der Waals surface area contributed by atoms with Crippen LogP contribution in [0.3, 0.4) is 0 Å². The summed E-state index contributed by atoms with van der Waals surface area (Å²) in [6, 6.07) is 3.47. The minimum absolute atomic E-state index is 0.137. The SMILES string of the molecule is CCCNc1cc(-n2ccc(C(=O)N(C)C)n2)ncn1. The predicted octanol–water partition coefficient (Wildman–Crippen LogP) is 1.19. The van der Waals surface area contributed by atoms with Gasteiger partial charge in [0.2, 0.25) is 0 Å². The minimum Gasteiger partial charge on any atom is -0.370 e. The van der Waals surface area contributed by atoms with Gasteiger partial charge in [0.1, 0.15) is 12.1 Å². The largest absolute Gasteiger partial charge is 0.370 e. The molecule has 0 atom stereocenters. The summed E-state index contributed by atoms with van der Waals surface area (Å²) >= 11 is 0. The normalized spacial score (nSPS) is 10.3. The van der Waals surface area contributed by atoms with Crippen LogP contribution in [-0.2, 0) is 0 Å². The molecule has 2 heterocycles. The molecule has 1 N–H and O–H groups in total. The van der Waals surface area contributed by atoms with Gasteiger partial charge in [-0.1, -0.05) is 6.92 Å². The summed E-state index contributed by atoms with van der Waals surface area (Å²) in [6.45, 7) is 2.93. The third kappa shape index (κ3) is 3.11. The van der Waals surface area contributed by atoms with E-state index in [4.69, 9.17) is 0 Å². The van der Waals surface area contributed by atoms with Crippen LogP contribution in [0, 0.1) is 0 Å². The summed E-state index contributed by atoms with van der Waals surface area (Å²) in [5.74, 6) is 1.23. The van der Waals surface area contributed by atoms with Gasteiger partial charge in [-0.05, 0) is 12.5 Å². The number of hydrogen-bond donors (Lipinski definition) is 1. The fourth-order valence-electron chi connectivity index (χ4n) is 1.62. The van der Waals surface area contributed by atoms with Crippen molar-refractivity contribution in [2.45, 2.75) is 13.3 Å². The van der Waals surface area contributed by atoms with Gasteiger partial charge in [-0.2, -0.15) is 5.10 Å². The van der Waals surface area contributed by atoms with Crippen molar-refractivity contribution >= 4 is 11.7 Å². The zero-order valence-electron chi connectivity index (χ0n) is 11.9. The molecule has 0 saturated heterocycles. The van der Waals surface area contributed by atoms with Gasteiger partial charge in [-0.3, -0.25) is 4.79 Å². The molecule has 0 aliphatic rings. The number of amides is 1. The average Bonchev–Trinajstić information content (AvgIpc) is 2.94. The molecule has 0 aliphatic heterocycles. The first-order chi connectivity index (χ1) is 9.61. The molecule has 7 heteroatoms. The van der Waals surface area contributed by atoms with Crippen molar-refractivity contribution < 1.29 is 4.79 Å². The molecule has 0 unspecified atom stereocenters. The van der Waals surface area contributed by atoms with Crippen molar-refractivity contribution in [1.29, 1.82) is 0 Å². The molecule has 2 aromatic heterocycles. The lowest BCUT2D eigenvalue weighted by atomic mass is 10.4. The van der Waals surface area contributed by atoms with E-state index in [9.17, 15) is 4.79 Å². The van der Waals surface area contributed by atoms with Crippen LogP contribution in [0.1, 0.15) is 23.8 Å². The molecule has 20 heavy (non-hydrogen) atoms. The fourth-order valence-corrected chi connectivity index (χ4v) is 1.62. The van der Waals surface area contributed by atoms with Crippen LogP contribution < -0.4 is 5.32 Å². The van der Waals surface area contributed by atoms with Gasteiger partial charge in [-0.15, -0.1) is 0 Å². The van der Waals surface area contributed by atoms with Crippen LogP contribution in [0.15, 0.2) is 24.7 Å². The highest BCUT2D eigenvalue weighted by molar-refractivity contribution is 5.91. The van der Waals surface area contributed by atoms with E-state index in [-0.39, 0.29) is 5.91 Å². The second kappa shape index (κ2) is 6.14. The monoisotopic (exact) mass is 274 g/mol. The Morgan fingerprint density at radius 2 is 2.20 bits per heavy atom. The number of rotatable bonds is 5. The topological polar surface area (TPSA) is 75.9 Å². The second-order valence-corrected chi connectivity index (χ2v) is 4.53. The summed E-state index contributed by atoms with van der Waals surface area (Å²) in [5, 5.41) is 7.42. The minimum atomic E-state index is -0.137. The summed E-state index contributed by atoms with van der Waals surface area (Å²) in [7, 11) is 3.39. The van der Waals surface area contributed by atoms with Crippen LogP contribution in [0.2, 0.25) is 0 Å². The highest BCUT2D eigenvalue weighted by Gasteiger charge is 2.12. The van der Waals surface area contributed by atoms with Crippen molar-refractivity contribution in [3.8, 4) is 5.82 Å². The van der Waals surface area contributed by atoms with E-state index in [1.807, 2.05) is 0 Å². The number of anilines is 1. The zero-order chi connectivity index (χ0) is 14.5. The highest BCUT2D eigenvalue weighted by atomic mass is 16.2. The molecule has 1 amide bonds. The number of nitrogens with zero attached hydrogens (tertiary/aromatic N) is 5. The lowest BCUT2D eigenvalue weighted by Crippen LogP contribution is -2.22. The Morgan fingerprint density at radius 3 is 2.90 bits per heavy atom. The summed E-state index contributed by atoms with van der Waals surface area (Å²) in [6.07, 6.45) is 4.20. The molecule has 106 valence electrons. The molecule has 2 aromatic rings. The molecule has 0 saturated carbocycles. The number of aromatic nitrogens is 4. The van der Waals surface area contributed by atoms with Gasteiger partial charge in [0.25, 0.3) is 5.91 Å². The molecular formula is C13H18N6O. The van der Waals surface area contributed by atoms with Crippen LogP contribution >= 0.6 is 0 Å². The maximum atomic E-state index is 11.8. The van der Waals surface area contributed by atoms with E-state index in [1.54, 1.807) is 37.1 Å². The quantitative estimate of drug-likeness (QED) is 0.886. The first-order valence-corrected chi connectivity index (χ1v) is 6.45. The molecule has 0 fully saturated rings. The maximum Gasteiger partial charge on any atom is 0.273 e. The maximum absolute atomic E-state index is 11.8. The van der Waals surface area contributed by atoms with Crippen LogP contribution in [0.25, 0.3) is 5.82 Å². The first kappa shape index (κ1) is 14.0. The van der Waals surface area contributed by atoms with Crippen LogP contribution in [-0.4, -0.2) is 51.2 Å².